The molecule has 0 aromatic heterocycles. The molecule has 0 radical (unpaired) electrons. The molecule has 7 rings (SSSR count). The van der Waals surface area contributed by atoms with Crippen LogP contribution in [0.15, 0.2) is 66.7 Å². The van der Waals surface area contributed by atoms with E-state index >= 15 is 0 Å². The minimum Gasteiger partial charge on any atom is -0.432 e. The first-order chi connectivity index (χ1) is 24.3. The molecule has 5 atom stereocenters. The highest BCUT2D eigenvalue weighted by Crippen LogP contribution is 2.60. The second-order valence-corrected chi connectivity index (χ2v) is 18.9. The number of carbonyl (C=O) groups excluding carboxylic acids is 3. The van der Waals surface area contributed by atoms with Gasteiger partial charge in [-0.05, 0) is 67.2 Å². The second kappa shape index (κ2) is 13.3. The number of nitrogens with zero attached hydrogens (tertiary/aromatic N) is 4. The fourth-order valence-corrected chi connectivity index (χ4v) is 11.5. The highest BCUT2D eigenvalue weighted by Gasteiger charge is 2.66. The van der Waals surface area contributed by atoms with Crippen molar-refractivity contribution >= 4 is 43.1 Å². The van der Waals surface area contributed by atoms with Crippen LogP contribution in [0, 0.1) is 16.0 Å². The number of aliphatic hydroxyl groups excluding tert-OH is 1. The van der Waals surface area contributed by atoms with Crippen LogP contribution in [0.1, 0.15) is 54.9 Å². The van der Waals surface area contributed by atoms with E-state index in [2.05, 4.69) is 0 Å². The number of non-ortho nitro benzene ring substituents is 1. The van der Waals surface area contributed by atoms with E-state index in [0.29, 0.717) is 37.2 Å². The number of rotatable bonds is 8. The Labute approximate surface area is 297 Å². The number of hydrogen-bond acceptors (Lipinski definition) is 8. The number of amides is 3. The van der Waals surface area contributed by atoms with Crippen molar-refractivity contribution in [3.8, 4) is 0 Å². The third kappa shape index (κ3) is 6.05. The minimum absolute atomic E-state index is 0.0866. The Morgan fingerprint density at radius 2 is 1.78 bits per heavy atom. The van der Waals surface area contributed by atoms with Crippen molar-refractivity contribution in [1.82, 2.24) is 4.90 Å². The number of ether oxygens (including phenoxy) is 1. The maximum Gasteiger partial charge on any atom is 0.269 e. The molecule has 3 aromatic rings. The van der Waals surface area contributed by atoms with Crippen molar-refractivity contribution in [3.05, 3.63) is 99.1 Å². The van der Waals surface area contributed by atoms with Gasteiger partial charge < -0.3 is 29.3 Å². The van der Waals surface area contributed by atoms with Crippen LogP contribution in [0.4, 0.5) is 17.1 Å². The van der Waals surface area contributed by atoms with Crippen molar-refractivity contribution in [1.29, 1.82) is 0 Å². The van der Waals surface area contributed by atoms with Gasteiger partial charge in [-0.15, -0.1) is 0 Å². The van der Waals surface area contributed by atoms with E-state index in [9.17, 15) is 34.4 Å². The Kier molecular flexibility index (Phi) is 9.11. The molecule has 268 valence electrons. The molecule has 1 spiro atoms. The average Bonchev–Trinajstić information content (AvgIpc) is 3.53. The van der Waals surface area contributed by atoms with E-state index in [-0.39, 0.29) is 37.1 Å². The maximum absolute atomic E-state index is 14.9. The Morgan fingerprint density at radius 3 is 2.45 bits per heavy atom. The maximum atomic E-state index is 14.9. The van der Waals surface area contributed by atoms with Crippen molar-refractivity contribution in [2.75, 3.05) is 23.0 Å². The molecule has 0 saturated carbocycles. The quantitative estimate of drug-likeness (QED) is 0.192. The molecule has 3 amide bonds. The zero-order chi connectivity index (χ0) is 36.2. The fraction of sp³-hybridized carbons (Fsp3) is 0.447. The molecule has 4 aliphatic rings. The van der Waals surface area contributed by atoms with Crippen molar-refractivity contribution in [2.45, 2.75) is 88.5 Å². The van der Waals surface area contributed by atoms with E-state index in [0.717, 1.165) is 35.2 Å². The van der Waals surface area contributed by atoms with Gasteiger partial charge in [-0.25, -0.2) is 0 Å². The number of nitro groups is 1. The van der Waals surface area contributed by atoms with E-state index in [1.807, 2.05) is 55.5 Å². The molecular formula is C38H44N4O8Si. The highest BCUT2D eigenvalue weighted by molar-refractivity contribution is 6.71. The fourth-order valence-electron chi connectivity index (χ4n) is 8.91. The van der Waals surface area contributed by atoms with Gasteiger partial charge in [0.05, 0.1) is 42.3 Å². The summed E-state index contributed by atoms with van der Waals surface area (Å²) in [6.45, 7) is 6.29. The van der Waals surface area contributed by atoms with Gasteiger partial charge in [-0.3, -0.25) is 24.5 Å². The van der Waals surface area contributed by atoms with Gasteiger partial charge in [-0.2, -0.15) is 0 Å². The highest BCUT2D eigenvalue weighted by atomic mass is 28.4. The topological polar surface area (TPSA) is 154 Å². The third-order valence-corrected chi connectivity index (χ3v) is 13.9. The summed E-state index contributed by atoms with van der Waals surface area (Å²) in [5, 5.41) is 22.3. The number of piperidine rings is 1. The molecule has 3 aromatic carbocycles. The van der Waals surface area contributed by atoms with Crippen LogP contribution in [-0.4, -0.2) is 71.1 Å². The van der Waals surface area contributed by atoms with Gasteiger partial charge in [0.25, 0.3) is 11.6 Å². The van der Waals surface area contributed by atoms with Gasteiger partial charge in [0.2, 0.25) is 11.8 Å². The molecular weight excluding hydrogens is 669 g/mol. The molecule has 0 unspecified atom stereocenters. The predicted octanol–water partition coefficient (Wildman–Crippen LogP) is 4.79. The first-order valence-corrected chi connectivity index (χ1v) is 20.7. The first kappa shape index (κ1) is 35.0. The molecule has 0 bridgehead atoms. The van der Waals surface area contributed by atoms with Crippen LogP contribution in [0.5, 0.6) is 0 Å². The van der Waals surface area contributed by atoms with Gasteiger partial charge in [0.15, 0.2) is 13.9 Å². The van der Waals surface area contributed by atoms with Gasteiger partial charge in [0.1, 0.15) is 0 Å². The number of benzene rings is 3. The summed E-state index contributed by atoms with van der Waals surface area (Å²) in [6.07, 6.45) is 1.87. The number of hydrogen-bond donors (Lipinski definition) is 2. The zero-order valence-electron chi connectivity index (χ0n) is 29.2. The SMILES string of the molecule is C[C@@H]1[C@@H]([Si](C)(C)O)[C@H](CC(=O)N2Cc3ccccc3C[C@H]2CO)O[C@@]12C(=O)N(Cc1ccc(N3CCCCC3=O)cc1)c1ccc([N+](=O)[O-])cc12. The number of carbonyl (C=O) groups is 3. The van der Waals surface area contributed by atoms with E-state index in [4.69, 9.17) is 4.74 Å². The summed E-state index contributed by atoms with van der Waals surface area (Å²) in [5.74, 6) is -1.19. The molecule has 12 nitrogen and oxygen atoms in total. The summed E-state index contributed by atoms with van der Waals surface area (Å²) in [4.78, 5) is 69.7. The van der Waals surface area contributed by atoms with E-state index < -0.39 is 48.4 Å². The second-order valence-electron chi connectivity index (χ2n) is 14.9. The van der Waals surface area contributed by atoms with Gasteiger partial charge in [0, 0.05) is 54.4 Å². The van der Waals surface area contributed by atoms with Crippen LogP contribution in [0.3, 0.4) is 0 Å². The molecule has 2 saturated heterocycles. The summed E-state index contributed by atoms with van der Waals surface area (Å²) in [5.41, 5.74) is 2.07. The molecule has 13 heteroatoms. The van der Waals surface area contributed by atoms with Crippen LogP contribution in [0.2, 0.25) is 18.6 Å². The van der Waals surface area contributed by atoms with Crippen molar-refractivity contribution in [2.24, 2.45) is 5.92 Å². The first-order valence-electron chi connectivity index (χ1n) is 17.7. The number of anilines is 2. The van der Waals surface area contributed by atoms with Gasteiger partial charge >= 0.3 is 0 Å². The lowest BCUT2D eigenvalue weighted by molar-refractivity contribution is -0.385. The predicted molar refractivity (Wildman–Crippen MR) is 192 cm³/mol. The van der Waals surface area contributed by atoms with Crippen molar-refractivity contribution < 1.29 is 33.9 Å². The molecule has 0 aliphatic carbocycles. The third-order valence-electron chi connectivity index (χ3n) is 11.4. The Hall–Kier alpha value is -4.43. The van der Waals surface area contributed by atoms with Crippen molar-refractivity contribution in [3.63, 3.8) is 0 Å². The van der Waals surface area contributed by atoms with Crippen LogP contribution < -0.4 is 9.80 Å². The number of fused-ring (bicyclic) bond motifs is 3. The lowest BCUT2D eigenvalue weighted by atomic mass is 9.82. The Balaban J connectivity index is 1.22. The zero-order valence-corrected chi connectivity index (χ0v) is 30.2. The summed E-state index contributed by atoms with van der Waals surface area (Å²) < 4.78 is 6.82. The lowest BCUT2D eigenvalue weighted by Gasteiger charge is -2.37. The number of nitro benzene ring substituents is 1. The molecule has 51 heavy (non-hydrogen) atoms. The molecule has 2 fully saturated rings. The summed E-state index contributed by atoms with van der Waals surface area (Å²) >= 11 is 0. The van der Waals surface area contributed by atoms with E-state index in [1.165, 1.54) is 12.1 Å². The monoisotopic (exact) mass is 712 g/mol. The normalized spacial score (nSPS) is 26.1. The van der Waals surface area contributed by atoms with E-state index in [1.54, 1.807) is 33.9 Å². The van der Waals surface area contributed by atoms with Crippen LogP contribution in [0.25, 0.3) is 0 Å². The molecule has 4 aliphatic heterocycles. The summed E-state index contributed by atoms with van der Waals surface area (Å²) in [7, 11) is -3.14. The Bertz CT molecular complexity index is 1880. The van der Waals surface area contributed by atoms with Gasteiger partial charge in [-0.1, -0.05) is 43.3 Å². The van der Waals surface area contributed by atoms with Crippen LogP contribution >= 0.6 is 0 Å². The summed E-state index contributed by atoms with van der Waals surface area (Å²) in [6, 6.07) is 19.2. The molecule has 4 heterocycles. The minimum atomic E-state index is -3.14. The molecule has 2 N–H and O–H groups in total. The number of aliphatic hydroxyl groups is 1. The standard InChI is InChI=1S/C38H44N4O8Si/c1-24-36(51(2,3)49)33(20-35(45)40-22-27-9-5-4-8-26(27)18-30(40)23-43)50-38(24)31-19-29(42(47)48)15-16-32(31)41(37(38)46)21-25-11-13-28(14-12-25)39-17-7-6-10-34(39)44/h4-5,8-9,11-16,19,24,30,33,36,43,49H,6-7,10,17-18,20-23H2,1-3H3/t24-,30+,33+,36-,38+/m1/s1. The van der Waals surface area contributed by atoms with Crippen LogP contribution in [-0.2, 0) is 44.2 Å². The Morgan fingerprint density at radius 1 is 1.06 bits per heavy atom. The lowest BCUT2D eigenvalue weighted by Crippen LogP contribution is -2.48. The smallest absolute Gasteiger partial charge is 0.269 e. The largest absolute Gasteiger partial charge is 0.432 e. The average molecular weight is 713 g/mol.